The molecule has 1 aromatic rings. The molecule has 1 heteroatoms. The number of rotatable bonds is 3. The maximum atomic E-state index is 6.04. The van der Waals surface area contributed by atoms with Crippen molar-refractivity contribution in [2.24, 2.45) is 5.73 Å². The zero-order valence-corrected chi connectivity index (χ0v) is 8.38. The van der Waals surface area contributed by atoms with Crippen molar-refractivity contribution in [3.8, 4) is 0 Å². The fourth-order valence-corrected chi connectivity index (χ4v) is 1.49. The normalized spacial score (nSPS) is 12.5. The Bertz CT molecular complexity index is 302. The number of aryl methyl sites for hydroxylation is 1. The molecule has 1 aromatic carbocycles. The lowest BCUT2D eigenvalue weighted by molar-refractivity contribution is 0.712. The van der Waals surface area contributed by atoms with E-state index in [0.29, 0.717) is 0 Å². The summed E-state index contributed by atoms with van der Waals surface area (Å²) in [6.45, 7) is 7.97. The van der Waals surface area contributed by atoms with E-state index in [1.165, 1.54) is 11.1 Å². The molecule has 0 amide bonds. The molecule has 0 radical (unpaired) electrons. The number of benzene rings is 1. The van der Waals surface area contributed by atoms with Crippen molar-refractivity contribution in [3.63, 3.8) is 0 Å². The maximum Gasteiger partial charge on any atom is 0.0334 e. The molecule has 0 aliphatic rings. The molecule has 0 unspecified atom stereocenters. The summed E-state index contributed by atoms with van der Waals surface area (Å²) in [5, 5.41) is 0. The van der Waals surface area contributed by atoms with Crippen molar-refractivity contribution < 1.29 is 0 Å². The van der Waals surface area contributed by atoms with Crippen molar-refractivity contribution >= 4 is 0 Å². The van der Waals surface area contributed by atoms with Crippen molar-refractivity contribution in [2.75, 3.05) is 0 Å². The van der Waals surface area contributed by atoms with Crippen LogP contribution >= 0.6 is 0 Å². The topological polar surface area (TPSA) is 26.0 Å². The summed E-state index contributed by atoms with van der Waals surface area (Å²) >= 11 is 0. The number of hydrogen-bond donors (Lipinski definition) is 1. The third-order valence-electron chi connectivity index (χ3n) is 2.16. The Morgan fingerprint density at radius 1 is 1.46 bits per heavy atom. The van der Waals surface area contributed by atoms with Crippen molar-refractivity contribution in [2.45, 2.75) is 26.3 Å². The quantitative estimate of drug-likeness (QED) is 0.702. The Balaban J connectivity index is 2.82. The standard InChI is InChI=1S/C12H17N/c1-9(2)8-12(13)11-7-5-4-6-10(11)3/h4-7,12H,1,8,13H2,2-3H3/t12-/m1/s1. The van der Waals surface area contributed by atoms with Crippen LogP contribution in [0.25, 0.3) is 0 Å². The third kappa shape index (κ3) is 2.71. The zero-order valence-electron chi connectivity index (χ0n) is 8.38. The summed E-state index contributed by atoms with van der Waals surface area (Å²) in [5.41, 5.74) is 9.66. The molecule has 2 N–H and O–H groups in total. The van der Waals surface area contributed by atoms with Gasteiger partial charge in [0.05, 0.1) is 0 Å². The smallest absolute Gasteiger partial charge is 0.0334 e. The summed E-state index contributed by atoms with van der Waals surface area (Å²) in [5.74, 6) is 0. The van der Waals surface area contributed by atoms with Gasteiger partial charge in [-0.3, -0.25) is 0 Å². The second kappa shape index (κ2) is 4.24. The van der Waals surface area contributed by atoms with Gasteiger partial charge in [-0.2, -0.15) is 0 Å². The number of hydrogen-bond acceptors (Lipinski definition) is 1. The molecule has 1 atom stereocenters. The van der Waals surface area contributed by atoms with E-state index in [9.17, 15) is 0 Å². The highest BCUT2D eigenvalue weighted by atomic mass is 14.6. The van der Waals surface area contributed by atoms with E-state index in [1.807, 2.05) is 19.1 Å². The van der Waals surface area contributed by atoms with Gasteiger partial charge in [-0.25, -0.2) is 0 Å². The first-order valence-corrected chi connectivity index (χ1v) is 4.56. The maximum absolute atomic E-state index is 6.04. The van der Waals surface area contributed by atoms with Crippen molar-refractivity contribution in [1.82, 2.24) is 0 Å². The minimum absolute atomic E-state index is 0.0960. The van der Waals surface area contributed by atoms with Crippen LogP contribution < -0.4 is 5.73 Å². The van der Waals surface area contributed by atoms with Crippen LogP contribution in [0.5, 0.6) is 0 Å². The second-order valence-electron chi connectivity index (χ2n) is 3.62. The molecule has 0 spiro atoms. The predicted molar refractivity (Wildman–Crippen MR) is 57.5 cm³/mol. The average Bonchev–Trinajstić information content (AvgIpc) is 2.03. The Morgan fingerprint density at radius 2 is 2.08 bits per heavy atom. The molecule has 0 saturated carbocycles. The summed E-state index contributed by atoms with van der Waals surface area (Å²) in [6.07, 6.45) is 0.866. The van der Waals surface area contributed by atoms with Crippen LogP contribution in [-0.4, -0.2) is 0 Å². The molecule has 70 valence electrons. The molecule has 0 heterocycles. The van der Waals surface area contributed by atoms with Gasteiger partial charge < -0.3 is 5.73 Å². The summed E-state index contributed by atoms with van der Waals surface area (Å²) < 4.78 is 0. The molecule has 0 bridgehead atoms. The van der Waals surface area contributed by atoms with Gasteiger partial charge in [-0.1, -0.05) is 29.8 Å². The highest BCUT2D eigenvalue weighted by molar-refractivity contribution is 5.29. The molecule has 0 aliphatic heterocycles. The van der Waals surface area contributed by atoms with Gasteiger partial charge in [-0.05, 0) is 31.4 Å². The minimum Gasteiger partial charge on any atom is -0.324 e. The van der Waals surface area contributed by atoms with E-state index < -0.39 is 0 Å². The lowest BCUT2D eigenvalue weighted by atomic mass is 9.97. The molecule has 0 aromatic heterocycles. The van der Waals surface area contributed by atoms with Crippen molar-refractivity contribution in [1.29, 1.82) is 0 Å². The first-order valence-electron chi connectivity index (χ1n) is 4.56. The van der Waals surface area contributed by atoms with E-state index in [-0.39, 0.29) is 6.04 Å². The van der Waals surface area contributed by atoms with Gasteiger partial charge in [0, 0.05) is 6.04 Å². The molecule has 13 heavy (non-hydrogen) atoms. The second-order valence-corrected chi connectivity index (χ2v) is 3.62. The van der Waals surface area contributed by atoms with Gasteiger partial charge >= 0.3 is 0 Å². The van der Waals surface area contributed by atoms with E-state index >= 15 is 0 Å². The summed E-state index contributed by atoms with van der Waals surface area (Å²) in [4.78, 5) is 0. The first kappa shape index (κ1) is 10.0. The van der Waals surface area contributed by atoms with Crippen LogP contribution in [0, 0.1) is 6.92 Å². The van der Waals surface area contributed by atoms with Gasteiger partial charge in [0.15, 0.2) is 0 Å². The number of nitrogens with two attached hydrogens (primary N) is 1. The fourth-order valence-electron chi connectivity index (χ4n) is 1.49. The van der Waals surface area contributed by atoms with E-state index in [1.54, 1.807) is 0 Å². The van der Waals surface area contributed by atoms with Crippen molar-refractivity contribution in [3.05, 3.63) is 47.5 Å². The van der Waals surface area contributed by atoms with E-state index in [2.05, 4.69) is 25.6 Å². The average molecular weight is 175 g/mol. The lowest BCUT2D eigenvalue weighted by Gasteiger charge is -2.14. The molecule has 0 fully saturated rings. The Hall–Kier alpha value is -1.08. The Labute approximate surface area is 80.3 Å². The zero-order chi connectivity index (χ0) is 9.84. The molecular weight excluding hydrogens is 158 g/mol. The SMILES string of the molecule is C=C(C)C[C@@H](N)c1ccccc1C. The monoisotopic (exact) mass is 175 g/mol. The highest BCUT2D eigenvalue weighted by Crippen LogP contribution is 2.20. The van der Waals surface area contributed by atoms with Gasteiger partial charge in [0.2, 0.25) is 0 Å². The summed E-state index contributed by atoms with van der Waals surface area (Å²) in [7, 11) is 0. The first-order chi connectivity index (χ1) is 6.11. The van der Waals surface area contributed by atoms with E-state index in [4.69, 9.17) is 5.73 Å². The predicted octanol–water partition coefficient (Wildman–Crippen LogP) is 2.96. The van der Waals surface area contributed by atoms with Gasteiger partial charge in [0.1, 0.15) is 0 Å². The Kier molecular flexibility index (Phi) is 3.26. The van der Waals surface area contributed by atoms with E-state index in [0.717, 1.165) is 12.0 Å². The van der Waals surface area contributed by atoms with Crippen LogP contribution in [0.4, 0.5) is 0 Å². The van der Waals surface area contributed by atoms with Crippen LogP contribution in [-0.2, 0) is 0 Å². The summed E-state index contributed by atoms with van der Waals surface area (Å²) in [6, 6.07) is 8.34. The minimum atomic E-state index is 0.0960. The van der Waals surface area contributed by atoms with Crippen LogP contribution in [0.3, 0.4) is 0 Å². The highest BCUT2D eigenvalue weighted by Gasteiger charge is 2.07. The molecular formula is C12H17N. The third-order valence-corrected chi connectivity index (χ3v) is 2.16. The van der Waals surface area contributed by atoms with Crippen LogP contribution in [0.2, 0.25) is 0 Å². The lowest BCUT2D eigenvalue weighted by Crippen LogP contribution is -2.11. The Morgan fingerprint density at radius 3 is 2.62 bits per heavy atom. The molecule has 1 rings (SSSR count). The van der Waals surface area contributed by atoms with Crippen LogP contribution in [0.1, 0.15) is 30.5 Å². The molecule has 0 aliphatic carbocycles. The molecule has 0 saturated heterocycles. The fraction of sp³-hybridized carbons (Fsp3) is 0.333. The van der Waals surface area contributed by atoms with Crippen LogP contribution in [0.15, 0.2) is 36.4 Å². The largest absolute Gasteiger partial charge is 0.324 e. The van der Waals surface area contributed by atoms with Gasteiger partial charge in [-0.15, -0.1) is 6.58 Å². The van der Waals surface area contributed by atoms with Gasteiger partial charge in [0.25, 0.3) is 0 Å². The molecule has 1 nitrogen and oxygen atoms in total.